The molecule has 1 N–H and O–H groups in total. The molecule has 0 aromatic heterocycles. The van der Waals surface area contributed by atoms with Crippen LogP contribution in [0.25, 0.3) is 0 Å². The van der Waals surface area contributed by atoms with Gasteiger partial charge >= 0.3 is 0 Å². The number of rotatable bonds is 6. The number of hydrogen-bond donors (Lipinski definition) is 1. The summed E-state index contributed by atoms with van der Waals surface area (Å²) in [5.41, 5.74) is 2.71. The first-order valence-corrected chi connectivity index (χ1v) is 9.21. The van der Waals surface area contributed by atoms with E-state index in [4.69, 9.17) is 21.1 Å². The zero-order valence-electron chi connectivity index (χ0n) is 15.0. The average Bonchev–Trinajstić information content (AvgIpc) is 2.68. The van der Waals surface area contributed by atoms with Gasteiger partial charge in [-0.1, -0.05) is 35.9 Å². The Labute approximate surface area is 159 Å². The molecule has 3 rings (SSSR count). The average molecular weight is 374 g/mol. The third-order valence-electron chi connectivity index (χ3n) is 5.00. The summed E-state index contributed by atoms with van der Waals surface area (Å²) in [5.74, 6) is -0.0677. The van der Waals surface area contributed by atoms with Crippen LogP contribution in [-0.2, 0) is 21.5 Å². The van der Waals surface area contributed by atoms with Crippen molar-refractivity contribution in [3.8, 4) is 0 Å². The molecule has 5 heteroatoms. The Morgan fingerprint density at radius 2 is 1.92 bits per heavy atom. The van der Waals surface area contributed by atoms with Crippen molar-refractivity contribution in [3.63, 3.8) is 0 Å². The quantitative estimate of drug-likeness (QED) is 0.833. The molecule has 1 saturated heterocycles. The van der Waals surface area contributed by atoms with Crippen LogP contribution in [0.1, 0.15) is 34.3 Å². The molecule has 0 unspecified atom stereocenters. The molecule has 1 aliphatic heterocycles. The Hall–Kier alpha value is -1.88. The summed E-state index contributed by atoms with van der Waals surface area (Å²) >= 11 is 6.20. The number of methoxy groups -OCH3 is 1. The molecule has 26 heavy (non-hydrogen) atoms. The molecule has 0 bridgehead atoms. The van der Waals surface area contributed by atoms with Crippen LogP contribution < -0.4 is 5.32 Å². The van der Waals surface area contributed by atoms with Crippen molar-refractivity contribution in [1.82, 2.24) is 5.32 Å². The van der Waals surface area contributed by atoms with Gasteiger partial charge in [0, 0.05) is 42.9 Å². The van der Waals surface area contributed by atoms with E-state index in [0.717, 1.165) is 24.0 Å². The highest BCUT2D eigenvalue weighted by Gasteiger charge is 2.35. The van der Waals surface area contributed by atoms with E-state index in [2.05, 4.69) is 11.4 Å². The van der Waals surface area contributed by atoms with E-state index >= 15 is 0 Å². The van der Waals surface area contributed by atoms with Gasteiger partial charge in [-0.3, -0.25) is 4.79 Å². The zero-order valence-corrected chi connectivity index (χ0v) is 15.7. The van der Waals surface area contributed by atoms with Crippen molar-refractivity contribution in [1.29, 1.82) is 0 Å². The molecule has 1 amide bonds. The monoisotopic (exact) mass is 373 g/mol. The second-order valence-electron chi connectivity index (χ2n) is 6.72. The molecule has 4 nitrogen and oxygen atoms in total. The Kier molecular flexibility index (Phi) is 6.30. The molecule has 0 aliphatic carbocycles. The third-order valence-corrected chi connectivity index (χ3v) is 5.24. The number of hydrogen-bond acceptors (Lipinski definition) is 3. The second-order valence-corrected chi connectivity index (χ2v) is 7.15. The fourth-order valence-corrected chi connectivity index (χ4v) is 3.61. The van der Waals surface area contributed by atoms with Crippen LogP contribution in [0.5, 0.6) is 0 Å². The molecular formula is C21H24ClNO3. The van der Waals surface area contributed by atoms with Crippen molar-refractivity contribution >= 4 is 17.5 Å². The summed E-state index contributed by atoms with van der Waals surface area (Å²) < 4.78 is 10.7. The fraction of sp³-hybridized carbons (Fsp3) is 0.381. The number of amides is 1. The van der Waals surface area contributed by atoms with Crippen LogP contribution in [0.15, 0.2) is 48.5 Å². The summed E-state index contributed by atoms with van der Waals surface area (Å²) in [6, 6.07) is 15.4. The van der Waals surface area contributed by atoms with E-state index in [-0.39, 0.29) is 11.3 Å². The van der Waals surface area contributed by atoms with Crippen molar-refractivity contribution in [2.24, 2.45) is 0 Å². The zero-order chi connectivity index (χ0) is 18.4. The van der Waals surface area contributed by atoms with Gasteiger partial charge in [-0.25, -0.2) is 0 Å². The maximum atomic E-state index is 12.6. The summed E-state index contributed by atoms with van der Waals surface area (Å²) in [6.45, 7) is 2.48. The van der Waals surface area contributed by atoms with Crippen LogP contribution in [0.3, 0.4) is 0 Å². The highest BCUT2D eigenvalue weighted by atomic mass is 35.5. The van der Waals surface area contributed by atoms with Gasteiger partial charge in [-0.2, -0.15) is 0 Å². The van der Waals surface area contributed by atoms with Gasteiger partial charge in [-0.05, 0) is 48.2 Å². The van der Waals surface area contributed by atoms with E-state index in [1.54, 1.807) is 7.11 Å². The lowest BCUT2D eigenvalue weighted by atomic mass is 9.74. The van der Waals surface area contributed by atoms with Gasteiger partial charge in [0.15, 0.2) is 0 Å². The van der Waals surface area contributed by atoms with E-state index < -0.39 is 0 Å². The molecule has 0 atom stereocenters. The smallest absolute Gasteiger partial charge is 0.251 e. The predicted molar refractivity (Wildman–Crippen MR) is 103 cm³/mol. The summed E-state index contributed by atoms with van der Waals surface area (Å²) in [7, 11) is 1.66. The van der Waals surface area contributed by atoms with Crippen molar-refractivity contribution in [2.75, 3.05) is 26.9 Å². The molecule has 1 fully saturated rings. The first-order valence-electron chi connectivity index (χ1n) is 8.83. The van der Waals surface area contributed by atoms with Crippen molar-refractivity contribution in [2.45, 2.75) is 24.9 Å². The lowest BCUT2D eigenvalue weighted by Gasteiger charge is -2.38. The molecule has 2 aromatic rings. The fourth-order valence-electron chi connectivity index (χ4n) is 3.42. The minimum absolute atomic E-state index is 0.0677. The van der Waals surface area contributed by atoms with Crippen molar-refractivity contribution < 1.29 is 14.3 Å². The van der Waals surface area contributed by atoms with Crippen molar-refractivity contribution in [3.05, 3.63) is 70.2 Å². The van der Waals surface area contributed by atoms with Gasteiger partial charge in [0.25, 0.3) is 5.91 Å². The lowest BCUT2D eigenvalue weighted by Crippen LogP contribution is -2.44. The van der Waals surface area contributed by atoms with E-state index in [1.807, 2.05) is 42.5 Å². The lowest BCUT2D eigenvalue weighted by molar-refractivity contribution is 0.0487. The number of ether oxygens (including phenoxy) is 2. The number of benzene rings is 2. The number of carbonyl (C=O) groups excluding carboxylic acids is 1. The normalized spacial score (nSPS) is 16.2. The van der Waals surface area contributed by atoms with Crippen LogP contribution in [0.4, 0.5) is 0 Å². The molecular weight excluding hydrogens is 350 g/mol. The highest BCUT2D eigenvalue weighted by Crippen LogP contribution is 2.35. The maximum absolute atomic E-state index is 12.6. The van der Waals surface area contributed by atoms with E-state index in [9.17, 15) is 4.79 Å². The Balaban J connectivity index is 1.72. The number of carbonyl (C=O) groups is 1. The molecule has 1 aliphatic rings. The highest BCUT2D eigenvalue weighted by molar-refractivity contribution is 6.30. The summed E-state index contributed by atoms with van der Waals surface area (Å²) in [6.07, 6.45) is 1.72. The second kappa shape index (κ2) is 8.67. The SMILES string of the molecule is COCc1ccc(C(=O)NCC2(c3cccc(Cl)c3)CCOCC2)cc1. The molecule has 0 spiro atoms. The van der Waals surface area contributed by atoms with Gasteiger partial charge < -0.3 is 14.8 Å². The Bertz CT molecular complexity index is 739. The molecule has 1 heterocycles. The first kappa shape index (κ1) is 18.9. The third kappa shape index (κ3) is 4.44. The first-order chi connectivity index (χ1) is 12.6. The van der Waals surface area contributed by atoms with E-state index in [1.165, 1.54) is 0 Å². The summed E-state index contributed by atoms with van der Waals surface area (Å²) in [5, 5.41) is 3.83. The molecule has 138 valence electrons. The standard InChI is InChI=1S/C21H24ClNO3/c1-25-14-16-5-7-17(8-6-16)20(24)23-15-21(9-11-26-12-10-21)18-3-2-4-19(22)13-18/h2-8,13H,9-12,14-15H2,1H3,(H,23,24). The number of nitrogens with one attached hydrogen (secondary N) is 1. The van der Waals surface area contributed by atoms with Gasteiger partial charge in [0.1, 0.15) is 0 Å². The maximum Gasteiger partial charge on any atom is 0.251 e. The summed E-state index contributed by atoms with van der Waals surface area (Å²) in [4.78, 5) is 12.6. The van der Waals surface area contributed by atoms with Crippen LogP contribution in [-0.4, -0.2) is 32.8 Å². The Morgan fingerprint density at radius 1 is 1.19 bits per heavy atom. The predicted octanol–water partition coefficient (Wildman–Crippen LogP) is 3.96. The van der Waals surface area contributed by atoms with E-state index in [0.29, 0.717) is 37.0 Å². The van der Waals surface area contributed by atoms with Crippen LogP contribution >= 0.6 is 11.6 Å². The van der Waals surface area contributed by atoms with Crippen LogP contribution in [0.2, 0.25) is 5.02 Å². The topological polar surface area (TPSA) is 47.6 Å². The molecule has 2 aromatic carbocycles. The van der Waals surface area contributed by atoms with Gasteiger partial charge in [0.2, 0.25) is 0 Å². The Morgan fingerprint density at radius 3 is 2.58 bits per heavy atom. The molecule has 0 saturated carbocycles. The van der Waals surface area contributed by atoms with Crippen LogP contribution in [0, 0.1) is 0 Å². The van der Waals surface area contributed by atoms with Gasteiger partial charge in [-0.15, -0.1) is 0 Å². The minimum atomic E-state index is -0.144. The van der Waals surface area contributed by atoms with Gasteiger partial charge in [0.05, 0.1) is 6.61 Å². The largest absolute Gasteiger partial charge is 0.381 e. The minimum Gasteiger partial charge on any atom is -0.381 e. The molecule has 0 radical (unpaired) electrons. The number of halogens is 1.